The van der Waals surface area contributed by atoms with Crippen molar-refractivity contribution in [1.29, 1.82) is 0 Å². The van der Waals surface area contributed by atoms with Crippen LogP contribution in [0.5, 0.6) is 0 Å². The molecule has 2 N–H and O–H groups in total. The molecule has 0 spiro atoms. The maximum Gasteiger partial charge on any atom is 0.0742 e. The Bertz CT molecular complexity index is 73.9. The molecule has 0 heterocycles. The number of rotatable bonds is 6. The third-order valence-electron chi connectivity index (χ3n) is 1.23. The van der Waals surface area contributed by atoms with Crippen molar-refractivity contribution in [1.82, 2.24) is 5.32 Å². The second kappa shape index (κ2) is 7.38. The molecule has 5 heteroatoms. The van der Waals surface area contributed by atoms with Crippen LogP contribution in [-0.4, -0.2) is 17.6 Å². The Labute approximate surface area is 62.6 Å². The van der Waals surface area contributed by atoms with Crippen molar-refractivity contribution < 1.29 is 15.0 Å². The summed E-state index contributed by atoms with van der Waals surface area (Å²) in [6.07, 6.45) is 1.81. The standard InChI is InChI=1S/C5H14NO3P/c1-3-5(2)6-4-10-9-8-7/h5-7,10H,3-4H2,1-2H3. The molecule has 2 unspecified atom stereocenters. The first-order chi connectivity index (χ1) is 4.81. The highest BCUT2D eigenvalue weighted by Crippen LogP contribution is 2.08. The van der Waals surface area contributed by atoms with Crippen molar-refractivity contribution in [3.63, 3.8) is 0 Å². The van der Waals surface area contributed by atoms with E-state index in [9.17, 15) is 0 Å². The fourth-order valence-electron chi connectivity index (χ4n) is 0.416. The van der Waals surface area contributed by atoms with Crippen LogP contribution >= 0.6 is 8.81 Å². The first-order valence-corrected chi connectivity index (χ1v) is 4.36. The highest BCUT2D eigenvalue weighted by atomic mass is 31.1. The average molecular weight is 167 g/mol. The van der Waals surface area contributed by atoms with E-state index in [1.54, 1.807) is 0 Å². The van der Waals surface area contributed by atoms with E-state index in [4.69, 9.17) is 5.26 Å². The van der Waals surface area contributed by atoms with Crippen molar-refractivity contribution >= 4 is 8.81 Å². The lowest BCUT2D eigenvalue weighted by molar-refractivity contribution is -0.435. The summed E-state index contributed by atoms with van der Waals surface area (Å²) >= 11 is 0. The van der Waals surface area contributed by atoms with Gasteiger partial charge in [0, 0.05) is 12.3 Å². The van der Waals surface area contributed by atoms with Crippen molar-refractivity contribution in [3.8, 4) is 0 Å². The molecule has 0 fully saturated rings. The summed E-state index contributed by atoms with van der Waals surface area (Å²) in [5.74, 6) is 0. The van der Waals surface area contributed by atoms with Crippen LogP contribution in [0, 0.1) is 0 Å². The molecule has 0 saturated carbocycles. The van der Waals surface area contributed by atoms with E-state index in [0.29, 0.717) is 6.04 Å². The summed E-state index contributed by atoms with van der Waals surface area (Å²) in [4.78, 5) is 0. The van der Waals surface area contributed by atoms with Gasteiger partial charge in [0.2, 0.25) is 0 Å². The van der Waals surface area contributed by atoms with E-state index in [0.717, 1.165) is 12.7 Å². The van der Waals surface area contributed by atoms with Crippen LogP contribution in [0.25, 0.3) is 0 Å². The monoisotopic (exact) mass is 167 g/mol. The van der Waals surface area contributed by atoms with Gasteiger partial charge < -0.3 is 5.32 Å². The lowest BCUT2D eigenvalue weighted by Gasteiger charge is -2.08. The normalized spacial score (nSPS) is 14.7. The Morgan fingerprint density at radius 1 is 1.70 bits per heavy atom. The molecule has 0 bridgehead atoms. The van der Waals surface area contributed by atoms with Gasteiger partial charge in [-0.05, 0) is 13.3 Å². The average Bonchev–Trinajstić information content (AvgIpc) is 1.98. The molecule has 4 nitrogen and oxygen atoms in total. The van der Waals surface area contributed by atoms with Crippen LogP contribution in [0.2, 0.25) is 0 Å². The zero-order chi connectivity index (χ0) is 7.82. The molecular weight excluding hydrogens is 153 g/mol. The van der Waals surface area contributed by atoms with E-state index >= 15 is 0 Å². The van der Waals surface area contributed by atoms with E-state index < -0.39 is 0 Å². The van der Waals surface area contributed by atoms with Crippen LogP contribution in [0.3, 0.4) is 0 Å². The number of nitrogens with one attached hydrogen (secondary N) is 1. The summed E-state index contributed by atoms with van der Waals surface area (Å²) in [7, 11) is 0.145. The Kier molecular flexibility index (Phi) is 7.58. The van der Waals surface area contributed by atoms with Gasteiger partial charge in [0.25, 0.3) is 0 Å². The van der Waals surface area contributed by atoms with Gasteiger partial charge in [-0.1, -0.05) is 12.0 Å². The zero-order valence-corrected chi connectivity index (χ0v) is 7.26. The fraction of sp³-hybridized carbons (Fsp3) is 1.00. The molecule has 62 valence electrons. The molecule has 0 aliphatic rings. The predicted molar refractivity (Wildman–Crippen MR) is 40.9 cm³/mol. The van der Waals surface area contributed by atoms with Gasteiger partial charge in [-0.25, -0.2) is 5.26 Å². The molecule has 2 atom stereocenters. The van der Waals surface area contributed by atoms with Crippen LogP contribution in [0.1, 0.15) is 20.3 Å². The minimum absolute atomic E-state index is 0.145. The Balaban J connectivity index is 2.89. The highest BCUT2D eigenvalue weighted by molar-refractivity contribution is 7.31. The Morgan fingerprint density at radius 2 is 2.40 bits per heavy atom. The first kappa shape index (κ1) is 10.3. The maximum atomic E-state index is 7.75. The van der Waals surface area contributed by atoms with Gasteiger partial charge in [-0.3, -0.25) is 0 Å². The minimum Gasteiger partial charge on any atom is -0.308 e. The van der Waals surface area contributed by atoms with E-state index in [-0.39, 0.29) is 8.81 Å². The number of hydrogen-bond donors (Lipinski definition) is 2. The smallest absolute Gasteiger partial charge is 0.0742 e. The Morgan fingerprint density at radius 3 is 2.90 bits per heavy atom. The summed E-state index contributed by atoms with van der Waals surface area (Å²) in [5, 5.41) is 14.3. The lowest BCUT2D eigenvalue weighted by Crippen LogP contribution is -2.23. The molecule has 0 aliphatic carbocycles. The zero-order valence-electron chi connectivity index (χ0n) is 6.26. The highest BCUT2D eigenvalue weighted by Gasteiger charge is 1.95. The van der Waals surface area contributed by atoms with Gasteiger partial charge in [0.05, 0.1) is 8.81 Å². The second-order valence-corrected chi connectivity index (χ2v) is 2.80. The molecule has 0 amide bonds. The summed E-state index contributed by atoms with van der Waals surface area (Å²) in [5.41, 5.74) is 0. The second-order valence-electron chi connectivity index (χ2n) is 1.99. The van der Waals surface area contributed by atoms with Crippen molar-refractivity contribution in [2.75, 3.05) is 6.29 Å². The van der Waals surface area contributed by atoms with E-state index in [1.807, 2.05) is 0 Å². The van der Waals surface area contributed by atoms with Gasteiger partial charge >= 0.3 is 0 Å². The third kappa shape index (κ3) is 6.39. The van der Waals surface area contributed by atoms with E-state index in [1.165, 1.54) is 0 Å². The van der Waals surface area contributed by atoms with Gasteiger partial charge in [0.1, 0.15) is 0 Å². The molecule has 0 radical (unpaired) electrons. The molecule has 0 aromatic carbocycles. The molecular formula is C5H14NO3P. The molecule has 0 aromatic heterocycles. The molecule has 10 heavy (non-hydrogen) atoms. The molecule has 0 saturated heterocycles. The lowest BCUT2D eigenvalue weighted by atomic mass is 10.3. The summed E-state index contributed by atoms with van der Waals surface area (Å²) in [6, 6.07) is 0.495. The SMILES string of the molecule is CCC(C)NCPOOO. The quantitative estimate of drug-likeness (QED) is 0.271. The van der Waals surface area contributed by atoms with E-state index in [2.05, 4.69) is 28.9 Å². The summed E-state index contributed by atoms with van der Waals surface area (Å²) in [6.45, 7) is 4.19. The topological polar surface area (TPSA) is 50.7 Å². The van der Waals surface area contributed by atoms with Crippen molar-refractivity contribution in [2.24, 2.45) is 0 Å². The van der Waals surface area contributed by atoms with Crippen LogP contribution < -0.4 is 5.32 Å². The van der Waals surface area contributed by atoms with Gasteiger partial charge in [-0.2, -0.15) is 4.67 Å². The van der Waals surface area contributed by atoms with Gasteiger partial charge in [0.15, 0.2) is 0 Å². The predicted octanol–water partition coefficient (Wildman–Crippen LogP) is 1.35. The van der Waals surface area contributed by atoms with Gasteiger partial charge in [-0.15, -0.1) is 0 Å². The largest absolute Gasteiger partial charge is 0.308 e. The molecule has 0 rings (SSSR count). The molecule has 0 aliphatic heterocycles. The van der Waals surface area contributed by atoms with Crippen LogP contribution in [0.15, 0.2) is 0 Å². The molecule has 0 aromatic rings. The van der Waals surface area contributed by atoms with Crippen molar-refractivity contribution in [3.05, 3.63) is 0 Å². The maximum absolute atomic E-state index is 7.75. The number of hydrogen-bond acceptors (Lipinski definition) is 4. The third-order valence-corrected chi connectivity index (χ3v) is 1.77. The fourth-order valence-corrected chi connectivity index (χ4v) is 0.959. The van der Waals surface area contributed by atoms with Crippen molar-refractivity contribution in [2.45, 2.75) is 26.3 Å². The first-order valence-electron chi connectivity index (χ1n) is 3.24. The Hall–Kier alpha value is 0.270. The van der Waals surface area contributed by atoms with Crippen LogP contribution in [0.4, 0.5) is 0 Å². The van der Waals surface area contributed by atoms with Crippen LogP contribution in [-0.2, 0) is 9.71 Å². The minimum atomic E-state index is 0.145. The summed E-state index contributed by atoms with van der Waals surface area (Å²) < 4.78 is 4.25.